The van der Waals surface area contributed by atoms with E-state index >= 15 is 0 Å². The van der Waals surface area contributed by atoms with Crippen molar-refractivity contribution in [1.82, 2.24) is 10.3 Å². The van der Waals surface area contributed by atoms with Gasteiger partial charge in [-0.25, -0.2) is 4.98 Å². The van der Waals surface area contributed by atoms with Crippen LogP contribution in [0.4, 0.5) is 5.69 Å². The van der Waals surface area contributed by atoms with Crippen molar-refractivity contribution in [2.75, 3.05) is 12.3 Å². The summed E-state index contributed by atoms with van der Waals surface area (Å²) in [6.45, 7) is 1.78. The third kappa shape index (κ3) is 3.01. The van der Waals surface area contributed by atoms with Crippen LogP contribution in [0.3, 0.4) is 0 Å². The minimum atomic E-state index is -1.09. The van der Waals surface area contributed by atoms with Gasteiger partial charge in [-0.1, -0.05) is 13.3 Å². The summed E-state index contributed by atoms with van der Waals surface area (Å²) in [5, 5.41) is 11.8. The first kappa shape index (κ1) is 15.7. The second kappa shape index (κ2) is 6.16. The lowest BCUT2D eigenvalue weighted by Crippen LogP contribution is -2.29. The number of thiophene rings is 1. The van der Waals surface area contributed by atoms with Crippen molar-refractivity contribution in [2.24, 2.45) is 5.92 Å². The number of nitrogens with zero attached hydrogens (tertiary/aromatic N) is 1. The highest BCUT2D eigenvalue weighted by atomic mass is 32.1. The number of aryl methyl sites for hydroxylation is 1. The molecule has 0 spiro atoms. The number of carboxylic acids is 1. The fraction of sp³-hybridized carbons (Fsp3) is 0.438. The maximum Gasteiger partial charge on any atom is 0.322 e. The standard InChI is InChI=1S/C16H19N3O3S/c1-2-8-3-4-11-9(5-8)6-10-13(17)14(23-16(10)19-11)15(22)18-7-12(20)21/h6,8H,2-5,7,17H2,1H3,(H,18,22)(H,20,21). The van der Waals surface area contributed by atoms with Gasteiger partial charge in [-0.05, 0) is 36.8 Å². The molecule has 4 N–H and O–H groups in total. The number of rotatable bonds is 4. The minimum absolute atomic E-state index is 0.336. The number of carboxylic acid groups (broad SMARTS) is 1. The topological polar surface area (TPSA) is 105 Å². The number of carbonyl (C=O) groups is 2. The van der Waals surface area contributed by atoms with Gasteiger partial charge in [-0.2, -0.15) is 0 Å². The van der Waals surface area contributed by atoms with Crippen molar-refractivity contribution in [2.45, 2.75) is 32.6 Å². The van der Waals surface area contributed by atoms with Crippen LogP contribution in [0.5, 0.6) is 0 Å². The van der Waals surface area contributed by atoms with Gasteiger partial charge in [0.25, 0.3) is 5.91 Å². The summed E-state index contributed by atoms with van der Waals surface area (Å²) >= 11 is 1.22. The summed E-state index contributed by atoms with van der Waals surface area (Å²) in [6.07, 6.45) is 4.26. The number of pyridine rings is 1. The molecule has 2 aromatic rings. The largest absolute Gasteiger partial charge is 0.480 e. The van der Waals surface area contributed by atoms with E-state index in [0.29, 0.717) is 16.5 Å². The first-order valence-electron chi connectivity index (χ1n) is 7.70. The van der Waals surface area contributed by atoms with Crippen LogP contribution in [0.15, 0.2) is 6.07 Å². The predicted octanol–water partition coefficient (Wildman–Crippen LogP) is 2.21. The average molecular weight is 333 g/mol. The first-order valence-corrected chi connectivity index (χ1v) is 8.52. The molecule has 0 bridgehead atoms. The summed E-state index contributed by atoms with van der Waals surface area (Å²) in [5.74, 6) is -0.866. The predicted molar refractivity (Wildman–Crippen MR) is 89.8 cm³/mol. The van der Waals surface area contributed by atoms with Crippen LogP contribution in [0.1, 0.15) is 40.7 Å². The molecule has 122 valence electrons. The van der Waals surface area contributed by atoms with E-state index in [-0.39, 0.29) is 0 Å². The first-order chi connectivity index (χ1) is 11.0. The average Bonchev–Trinajstić information content (AvgIpc) is 2.86. The Bertz CT molecular complexity index is 784. The van der Waals surface area contributed by atoms with Gasteiger partial charge in [0.05, 0.1) is 5.69 Å². The third-order valence-electron chi connectivity index (χ3n) is 4.37. The molecule has 2 aromatic heterocycles. The molecule has 1 amide bonds. The normalized spacial score (nSPS) is 17.0. The number of hydrogen-bond acceptors (Lipinski definition) is 5. The number of aromatic nitrogens is 1. The molecule has 0 aliphatic heterocycles. The van der Waals surface area contributed by atoms with Gasteiger partial charge >= 0.3 is 5.97 Å². The molecule has 3 rings (SSSR count). The maximum atomic E-state index is 12.1. The van der Waals surface area contributed by atoms with Gasteiger partial charge < -0.3 is 16.2 Å². The van der Waals surface area contributed by atoms with Gasteiger partial charge in [-0.15, -0.1) is 11.3 Å². The number of nitrogens with one attached hydrogen (secondary N) is 1. The molecule has 0 radical (unpaired) electrons. The quantitative estimate of drug-likeness (QED) is 0.795. The number of nitrogen functional groups attached to an aromatic ring is 1. The van der Waals surface area contributed by atoms with Gasteiger partial charge in [-0.3, -0.25) is 9.59 Å². The molecule has 0 fully saturated rings. The molecular weight excluding hydrogens is 314 g/mol. The zero-order valence-corrected chi connectivity index (χ0v) is 13.7. The van der Waals surface area contributed by atoms with Crippen LogP contribution in [0.2, 0.25) is 0 Å². The number of carbonyl (C=O) groups excluding carboxylic acids is 1. The molecule has 1 atom stereocenters. The van der Waals surface area contributed by atoms with Crippen molar-refractivity contribution in [1.29, 1.82) is 0 Å². The minimum Gasteiger partial charge on any atom is -0.480 e. The highest BCUT2D eigenvalue weighted by molar-refractivity contribution is 7.21. The summed E-state index contributed by atoms with van der Waals surface area (Å²) in [4.78, 5) is 28.4. The number of anilines is 1. The van der Waals surface area contributed by atoms with Crippen molar-refractivity contribution < 1.29 is 14.7 Å². The third-order valence-corrected chi connectivity index (χ3v) is 5.49. The van der Waals surface area contributed by atoms with E-state index in [4.69, 9.17) is 10.8 Å². The van der Waals surface area contributed by atoms with Crippen LogP contribution >= 0.6 is 11.3 Å². The highest BCUT2D eigenvalue weighted by Crippen LogP contribution is 2.36. The van der Waals surface area contributed by atoms with Gasteiger partial charge in [0.1, 0.15) is 16.3 Å². The highest BCUT2D eigenvalue weighted by Gasteiger charge is 2.23. The molecule has 2 heterocycles. The molecule has 7 heteroatoms. The van der Waals surface area contributed by atoms with E-state index in [1.165, 1.54) is 16.9 Å². The molecule has 1 unspecified atom stereocenters. The fourth-order valence-electron chi connectivity index (χ4n) is 3.02. The Morgan fingerprint density at radius 1 is 1.52 bits per heavy atom. The summed E-state index contributed by atoms with van der Waals surface area (Å²) in [5.41, 5.74) is 8.82. The smallest absolute Gasteiger partial charge is 0.322 e. The molecule has 1 aliphatic carbocycles. The lowest BCUT2D eigenvalue weighted by atomic mass is 9.85. The zero-order valence-electron chi connectivity index (χ0n) is 12.9. The fourth-order valence-corrected chi connectivity index (χ4v) is 4.03. The molecule has 0 saturated heterocycles. The van der Waals surface area contributed by atoms with E-state index in [1.807, 2.05) is 0 Å². The molecular formula is C16H19N3O3S. The molecule has 6 nitrogen and oxygen atoms in total. The van der Waals surface area contributed by atoms with E-state index in [9.17, 15) is 9.59 Å². The van der Waals surface area contributed by atoms with Crippen LogP contribution < -0.4 is 11.1 Å². The summed E-state index contributed by atoms with van der Waals surface area (Å²) < 4.78 is 0. The Balaban J connectivity index is 1.96. The van der Waals surface area contributed by atoms with Crippen LogP contribution in [0, 0.1) is 5.92 Å². The maximum absolute atomic E-state index is 12.1. The number of aliphatic carboxylic acids is 1. The van der Waals surface area contributed by atoms with E-state index in [1.54, 1.807) is 0 Å². The lowest BCUT2D eigenvalue weighted by molar-refractivity contribution is -0.135. The number of fused-ring (bicyclic) bond motifs is 2. The van der Waals surface area contributed by atoms with Crippen LogP contribution in [-0.2, 0) is 17.6 Å². The Morgan fingerprint density at radius 2 is 2.30 bits per heavy atom. The van der Waals surface area contributed by atoms with Crippen molar-refractivity contribution in [3.05, 3.63) is 22.2 Å². The van der Waals surface area contributed by atoms with Crippen molar-refractivity contribution >= 4 is 39.1 Å². The van der Waals surface area contributed by atoms with Crippen molar-refractivity contribution in [3.8, 4) is 0 Å². The van der Waals surface area contributed by atoms with Crippen LogP contribution in [0.25, 0.3) is 10.2 Å². The molecule has 1 aliphatic rings. The molecule has 0 aromatic carbocycles. The lowest BCUT2D eigenvalue weighted by Gasteiger charge is -2.22. The zero-order chi connectivity index (χ0) is 16.6. The number of amides is 1. The number of nitrogens with two attached hydrogens (primary N) is 1. The van der Waals surface area contributed by atoms with E-state index in [2.05, 4.69) is 23.3 Å². The molecule has 23 heavy (non-hydrogen) atoms. The summed E-state index contributed by atoms with van der Waals surface area (Å²) in [6, 6.07) is 2.05. The molecule has 0 saturated carbocycles. The van der Waals surface area contributed by atoms with Gasteiger partial charge in [0.15, 0.2) is 0 Å². The Labute approximate surface area is 137 Å². The van der Waals surface area contributed by atoms with Crippen molar-refractivity contribution in [3.63, 3.8) is 0 Å². The Morgan fingerprint density at radius 3 is 3.00 bits per heavy atom. The second-order valence-electron chi connectivity index (χ2n) is 5.89. The Kier molecular flexibility index (Phi) is 4.21. The Hall–Kier alpha value is -2.15. The van der Waals surface area contributed by atoms with E-state index in [0.717, 1.165) is 41.6 Å². The monoisotopic (exact) mass is 333 g/mol. The SMILES string of the molecule is CCC1CCc2nc3sc(C(=O)NCC(=O)O)c(N)c3cc2C1. The number of hydrogen-bond donors (Lipinski definition) is 3. The van der Waals surface area contributed by atoms with Gasteiger partial charge in [0, 0.05) is 11.1 Å². The summed E-state index contributed by atoms with van der Waals surface area (Å²) in [7, 11) is 0. The van der Waals surface area contributed by atoms with E-state index < -0.39 is 18.4 Å². The van der Waals surface area contributed by atoms with Crippen LogP contribution in [-0.4, -0.2) is 28.5 Å². The second-order valence-corrected chi connectivity index (χ2v) is 6.88. The van der Waals surface area contributed by atoms with Gasteiger partial charge in [0.2, 0.25) is 0 Å².